The monoisotopic (exact) mass is 361 g/mol. The molecule has 0 unspecified atom stereocenters. The minimum Gasteiger partial charge on any atom is -0.475 e. The molecule has 0 aromatic carbocycles. The predicted molar refractivity (Wildman–Crippen MR) is 88.3 cm³/mol. The van der Waals surface area contributed by atoms with E-state index in [1.54, 1.807) is 4.90 Å². The van der Waals surface area contributed by atoms with Crippen molar-refractivity contribution in [1.29, 1.82) is 0 Å². The van der Waals surface area contributed by atoms with Gasteiger partial charge in [0.1, 0.15) is 16.9 Å². The number of carbonyl (C=O) groups is 1. The number of ether oxygens (including phenoxy) is 2. The fourth-order valence-corrected chi connectivity index (χ4v) is 3.63. The summed E-state index contributed by atoms with van der Waals surface area (Å²) in [6.07, 6.45) is 4.38. The summed E-state index contributed by atoms with van der Waals surface area (Å²) in [4.78, 5) is 18.3. The number of likely N-dealkylation sites (tertiary alicyclic amines) is 1. The SMILES string of the molecule is CCc1oncc1C(=O)N1CC2(C1)OCC[C@@H]2COc1ncccc1F. The van der Waals surface area contributed by atoms with Crippen molar-refractivity contribution in [3.63, 3.8) is 0 Å². The van der Waals surface area contributed by atoms with Crippen LogP contribution in [0.5, 0.6) is 5.88 Å². The van der Waals surface area contributed by atoms with Gasteiger partial charge in [0, 0.05) is 25.1 Å². The number of amides is 1. The minimum atomic E-state index is -0.481. The highest BCUT2D eigenvalue weighted by Crippen LogP contribution is 2.41. The normalized spacial score (nSPS) is 21.0. The Morgan fingerprint density at radius 2 is 2.35 bits per heavy atom. The molecule has 0 aliphatic carbocycles. The molecule has 26 heavy (non-hydrogen) atoms. The molecule has 2 saturated heterocycles. The number of hydrogen-bond donors (Lipinski definition) is 0. The third-order valence-corrected chi connectivity index (χ3v) is 5.15. The van der Waals surface area contributed by atoms with Crippen LogP contribution >= 0.6 is 0 Å². The van der Waals surface area contributed by atoms with Gasteiger partial charge >= 0.3 is 0 Å². The third-order valence-electron chi connectivity index (χ3n) is 5.15. The number of pyridine rings is 1. The summed E-state index contributed by atoms with van der Waals surface area (Å²) < 4.78 is 30.3. The van der Waals surface area contributed by atoms with E-state index in [0.717, 1.165) is 6.42 Å². The van der Waals surface area contributed by atoms with Crippen molar-refractivity contribution in [2.24, 2.45) is 5.92 Å². The van der Waals surface area contributed by atoms with E-state index in [1.165, 1.54) is 24.5 Å². The number of rotatable bonds is 5. The van der Waals surface area contributed by atoms with Crippen LogP contribution in [0.2, 0.25) is 0 Å². The van der Waals surface area contributed by atoms with Gasteiger partial charge in [0.2, 0.25) is 5.88 Å². The Morgan fingerprint density at radius 3 is 3.12 bits per heavy atom. The van der Waals surface area contributed by atoms with Crippen LogP contribution in [0.4, 0.5) is 4.39 Å². The largest absolute Gasteiger partial charge is 0.475 e. The van der Waals surface area contributed by atoms with Crippen molar-refractivity contribution >= 4 is 5.91 Å². The molecule has 4 rings (SSSR count). The van der Waals surface area contributed by atoms with E-state index in [1.807, 2.05) is 6.92 Å². The van der Waals surface area contributed by atoms with Crippen LogP contribution in [0.25, 0.3) is 0 Å². The maximum absolute atomic E-state index is 13.7. The van der Waals surface area contributed by atoms with Gasteiger partial charge in [-0.1, -0.05) is 12.1 Å². The summed E-state index contributed by atoms with van der Waals surface area (Å²) in [7, 11) is 0. The molecule has 7 nitrogen and oxygen atoms in total. The molecule has 2 aliphatic rings. The average molecular weight is 361 g/mol. The Kier molecular flexibility index (Phi) is 4.36. The Labute approximate surface area is 150 Å². The molecule has 2 aromatic heterocycles. The molecule has 1 amide bonds. The fraction of sp³-hybridized carbons (Fsp3) is 0.500. The lowest BCUT2D eigenvalue weighted by atomic mass is 9.81. The van der Waals surface area contributed by atoms with E-state index in [2.05, 4.69) is 10.1 Å². The first-order valence-corrected chi connectivity index (χ1v) is 8.73. The van der Waals surface area contributed by atoms with Crippen LogP contribution in [0.15, 0.2) is 29.0 Å². The van der Waals surface area contributed by atoms with Crippen molar-refractivity contribution in [3.05, 3.63) is 41.7 Å². The lowest BCUT2D eigenvalue weighted by Gasteiger charge is -2.49. The van der Waals surface area contributed by atoms with Crippen molar-refractivity contribution in [1.82, 2.24) is 15.0 Å². The zero-order valence-corrected chi connectivity index (χ0v) is 14.5. The second-order valence-electron chi connectivity index (χ2n) is 6.68. The van der Waals surface area contributed by atoms with Crippen LogP contribution in [-0.4, -0.2) is 52.9 Å². The predicted octanol–water partition coefficient (Wildman–Crippen LogP) is 2.08. The Bertz CT molecular complexity index is 803. The van der Waals surface area contributed by atoms with Gasteiger partial charge in [-0.15, -0.1) is 0 Å². The molecule has 2 aliphatic heterocycles. The molecule has 0 radical (unpaired) electrons. The fourth-order valence-electron chi connectivity index (χ4n) is 3.63. The quantitative estimate of drug-likeness (QED) is 0.811. The van der Waals surface area contributed by atoms with Crippen molar-refractivity contribution in [3.8, 4) is 5.88 Å². The number of halogens is 1. The Morgan fingerprint density at radius 1 is 1.50 bits per heavy atom. The summed E-state index contributed by atoms with van der Waals surface area (Å²) >= 11 is 0. The average Bonchev–Trinajstić information content (AvgIpc) is 3.25. The Balaban J connectivity index is 1.39. The maximum Gasteiger partial charge on any atom is 0.259 e. The number of hydrogen-bond acceptors (Lipinski definition) is 6. The first kappa shape index (κ1) is 17.0. The zero-order chi connectivity index (χ0) is 18.1. The second-order valence-corrected chi connectivity index (χ2v) is 6.68. The standard InChI is InChI=1S/C18H20FN3O4/c1-2-15-13(8-21-26-15)17(23)22-10-18(11-22)12(5-7-25-18)9-24-16-14(19)4-3-6-20-16/h3-4,6,8,12H,2,5,7,9-11H2,1H3/t12-/m1/s1. The highest BCUT2D eigenvalue weighted by molar-refractivity contribution is 5.95. The van der Waals surface area contributed by atoms with Gasteiger partial charge in [-0.3, -0.25) is 4.79 Å². The van der Waals surface area contributed by atoms with Crippen molar-refractivity contribution < 1.29 is 23.2 Å². The summed E-state index contributed by atoms with van der Waals surface area (Å²) in [5.74, 6) is 0.0961. The number of aromatic nitrogens is 2. The molecule has 2 aromatic rings. The molecule has 4 heterocycles. The molecule has 1 atom stereocenters. The third kappa shape index (κ3) is 2.84. The smallest absolute Gasteiger partial charge is 0.259 e. The zero-order valence-electron chi connectivity index (χ0n) is 14.5. The topological polar surface area (TPSA) is 77.7 Å². The van der Waals surface area contributed by atoms with Crippen molar-refractivity contribution in [2.45, 2.75) is 25.4 Å². The van der Waals surface area contributed by atoms with Crippen LogP contribution in [0.3, 0.4) is 0 Å². The van der Waals surface area contributed by atoms with Crippen LogP contribution in [-0.2, 0) is 11.2 Å². The summed E-state index contributed by atoms with van der Waals surface area (Å²) in [6, 6.07) is 2.84. The molecule has 0 saturated carbocycles. The molecule has 0 bridgehead atoms. The molecular weight excluding hydrogens is 341 g/mol. The van der Waals surface area contributed by atoms with Gasteiger partial charge in [-0.05, 0) is 18.6 Å². The summed E-state index contributed by atoms with van der Waals surface area (Å²) in [5, 5.41) is 3.71. The summed E-state index contributed by atoms with van der Waals surface area (Å²) in [5.41, 5.74) is 0.0773. The van der Waals surface area contributed by atoms with Gasteiger partial charge in [-0.25, -0.2) is 9.37 Å². The maximum atomic E-state index is 13.7. The molecule has 0 N–H and O–H groups in total. The number of nitrogens with zero attached hydrogens (tertiary/aromatic N) is 3. The number of carbonyl (C=O) groups excluding carboxylic acids is 1. The van der Waals surface area contributed by atoms with Crippen molar-refractivity contribution in [2.75, 3.05) is 26.3 Å². The minimum absolute atomic E-state index is 0.00105. The van der Waals surface area contributed by atoms with E-state index in [9.17, 15) is 9.18 Å². The van der Waals surface area contributed by atoms with Gasteiger partial charge in [-0.2, -0.15) is 0 Å². The van der Waals surface area contributed by atoms with Gasteiger partial charge < -0.3 is 18.9 Å². The Hall–Kier alpha value is -2.48. The second kappa shape index (κ2) is 6.68. The molecular formula is C18H20FN3O4. The molecule has 1 spiro atoms. The lowest BCUT2D eigenvalue weighted by Crippen LogP contribution is -2.66. The first-order chi connectivity index (χ1) is 12.6. The number of aryl methyl sites for hydroxylation is 1. The van der Waals surface area contributed by atoms with E-state index in [0.29, 0.717) is 44.0 Å². The van der Waals surface area contributed by atoms with Crippen LogP contribution < -0.4 is 4.74 Å². The first-order valence-electron chi connectivity index (χ1n) is 8.73. The lowest BCUT2D eigenvalue weighted by molar-refractivity contribution is -0.122. The van der Waals surface area contributed by atoms with Gasteiger partial charge in [0.15, 0.2) is 5.82 Å². The van der Waals surface area contributed by atoms with Gasteiger partial charge in [0.05, 0.1) is 25.9 Å². The molecule has 2 fully saturated rings. The highest BCUT2D eigenvalue weighted by Gasteiger charge is 2.55. The van der Waals surface area contributed by atoms with E-state index in [4.69, 9.17) is 14.0 Å². The van der Waals surface area contributed by atoms with Gasteiger partial charge in [0.25, 0.3) is 5.91 Å². The molecule has 8 heteroatoms. The van der Waals surface area contributed by atoms with E-state index >= 15 is 0 Å². The van der Waals surface area contributed by atoms with E-state index < -0.39 is 11.4 Å². The van der Waals surface area contributed by atoms with E-state index in [-0.39, 0.29) is 17.7 Å². The highest BCUT2D eigenvalue weighted by atomic mass is 19.1. The molecule has 138 valence electrons. The van der Waals surface area contributed by atoms with Crippen LogP contribution in [0.1, 0.15) is 29.5 Å². The van der Waals surface area contributed by atoms with Crippen LogP contribution in [0, 0.1) is 11.7 Å². The summed E-state index contributed by atoms with van der Waals surface area (Å²) in [6.45, 7) is 3.80.